The Labute approximate surface area is 106 Å². The molecule has 0 saturated carbocycles. The lowest BCUT2D eigenvalue weighted by Crippen LogP contribution is -2.37. The molecule has 1 N–H and O–H groups in total. The first-order valence-corrected chi connectivity index (χ1v) is 5.52. The molecule has 0 aromatic heterocycles. The van der Waals surface area contributed by atoms with Gasteiger partial charge in [0.25, 0.3) is 0 Å². The molecule has 1 rings (SSSR count). The first-order chi connectivity index (χ1) is 8.67. The normalized spacial score (nSPS) is 14.3. The van der Waals surface area contributed by atoms with Gasteiger partial charge in [-0.25, -0.2) is 0 Å². The Morgan fingerprint density at radius 1 is 1.21 bits per heavy atom. The van der Waals surface area contributed by atoms with Crippen molar-refractivity contribution in [3.8, 4) is 5.75 Å². The van der Waals surface area contributed by atoms with Crippen molar-refractivity contribution >= 4 is 0 Å². The minimum atomic E-state index is -5.68. The minimum absolute atomic E-state index is 0.0464. The SMILES string of the molecule is CCOc1cccc(C(O)CC(F)(F)C(F)(F)F)c1. The quantitative estimate of drug-likeness (QED) is 0.835. The van der Waals surface area contributed by atoms with E-state index in [4.69, 9.17) is 4.74 Å². The Balaban J connectivity index is 2.83. The zero-order valence-corrected chi connectivity index (χ0v) is 10.0. The zero-order valence-electron chi connectivity index (χ0n) is 10.0. The Kier molecular flexibility index (Phi) is 4.73. The summed E-state index contributed by atoms with van der Waals surface area (Å²) in [6, 6.07) is 5.43. The summed E-state index contributed by atoms with van der Waals surface area (Å²) in [7, 11) is 0. The van der Waals surface area contributed by atoms with Crippen LogP contribution in [0.3, 0.4) is 0 Å². The molecule has 0 aliphatic carbocycles. The number of benzene rings is 1. The average molecular weight is 284 g/mol. The lowest BCUT2D eigenvalue weighted by molar-refractivity contribution is -0.290. The number of aliphatic hydroxyl groups is 1. The molecule has 1 aromatic rings. The van der Waals surface area contributed by atoms with Crippen LogP contribution in [0.25, 0.3) is 0 Å². The van der Waals surface area contributed by atoms with Crippen LogP contribution < -0.4 is 4.74 Å². The summed E-state index contributed by atoms with van der Waals surface area (Å²) in [6.07, 6.45) is -9.31. The molecule has 108 valence electrons. The van der Waals surface area contributed by atoms with Crippen LogP contribution in [-0.4, -0.2) is 23.8 Å². The van der Waals surface area contributed by atoms with Crippen molar-refractivity contribution in [2.45, 2.75) is 31.5 Å². The summed E-state index contributed by atoms with van der Waals surface area (Å²) in [5.74, 6) is -4.64. The third-order valence-corrected chi connectivity index (χ3v) is 2.42. The fourth-order valence-electron chi connectivity index (χ4n) is 1.45. The number of hydrogen-bond donors (Lipinski definition) is 1. The lowest BCUT2D eigenvalue weighted by Gasteiger charge is -2.22. The van der Waals surface area contributed by atoms with Crippen LogP contribution in [0, 0.1) is 0 Å². The highest BCUT2D eigenvalue weighted by Crippen LogP contribution is 2.41. The van der Waals surface area contributed by atoms with Crippen LogP contribution >= 0.6 is 0 Å². The highest BCUT2D eigenvalue weighted by molar-refractivity contribution is 5.30. The van der Waals surface area contributed by atoms with Crippen LogP contribution in [-0.2, 0) is 0 Å². The fourth-order valence-corrected chi connectivity index (χ4v) is 1.45. The van der Waals surface area contributed by atoms with E-state index < -0.39 is 24.6 Å². The monoisotopic (exact) mass is 284 g/mol. The largest absolute Gasteiger partial charge is 0.494 e. The van der Waals surface area contributed by atoms with Gasteiger partial charge in [-0.15, -0.1) is 0 Å². The number of aliphatic hydroxyl groups excluding tert-OH is 1. The Bertz CT molecular complexity index is 417. The summed E-state index contributed by atoms with van der Waals surface area (Å²) < 4.78 is 66.7. The number of halogens is 5. The van der Waals surface area contributed by atoms with Crippen LogP contribution in [0.2, 0.25) is 0 Å². The van der Waals surface area contributed by atoms with Gasteiger partial charge in [0.2, 0.25) is 0 Å². The molecule has 0 heterocycles. The van der Waals surface area contributed by atoms with E-state index >= 15 is 0 Å². The molecule has 0 aliphatic rings. The first kappa shape index (κ1) is 15.7. The van der Waals surface area contributed by atoms with Crippen LogP contribution in [0.1, 0.15) is 25.0 Å². The molecule has 19 heavy (non-hydrogen) atoms. The molecule has 0 aliphatic heterocycles. The molecule has 1 aromatic carbocycles. The highest BCUT2D eigenvalue weighted by Gasteiger charge is 2.58. The second-order valence-corrected chi connectivity index (χ2v) is 3.93. The maximum absolute atomic E-state index is 12.8. The van der Waals surface area contributed by atoms with Crippen molar-refractivity contribution in [3.63, 3.8) is 0 Å². The summed E-state index contributed by atoms with van der Waals surface area (Å²) in [5, 5.41) is 9.48. The number of ether oxygens (including phenoxy) is 1. The van der Waals surface area contributed by atoms with Gasteiger partial charge in [0, 0.05) is 0 Å². The molecule has 0 bridgehead atoms. The second kappa shape index (κ2) is 5.73. The van der Waals surface area contributed by atoms with Crippen molar-refractivity contribution in [1.82, 2.24) is 0 Å². The average Bonchev–Trinajstić information content (AvgIpc) is 2.27. The topological polar surface area (TPSA) is 29.5 Å². The number of rotatable bonds is 5. The number of hydrogen-bond acceptors (Lipinski definition) is 2. The van der Waals surface area contributed by atoms with Crippen LogP contribution in [0.5, 0.6) is 5.75 Å². The Morgan fingerprint density at radius 2 is 1.84 bits per heavy atom. The van der Waals surface area contributed by atoms with E-state index in [9.17, 15) is 27.1 Å². The van der Waals surface area contributed by atoms with Crippen molar-refractivity contribution in [2.24, 2.45) is 0 Å². The molecule has 0 saturated heterocycles. The van der Waals surface area contributed by atoms with E-state index in [0.29, 0.717) is 12.4 Å². The molecule has 0 amide bonds. The van der Waals surface area contributed by atoms with E-state index in [0.717, 1.165) is 0 Å². The van der Waals surface area contributed by atoms with Gasteiger partial charge < -0.3 is 9.84 Å². The van der Waals surface area contributed by atoms with Gasteiger partial charge in [0.05, 0.1) is 19.1 Å². The molecular weight excluding hydrogens is 271 g/mol. The van der Waals surface area contributed by atoms with Gasteiger partial charge in [-0.1, -0.05) is 12.1 Å². The molecule has 0 fully saturated rings. The smallest absolute Gasteiger partial charge is 0.453 e. The van der Waals surface area contributed by atoms with E-state index in [1.807, 2.05) is 0 Å². The zero-order chi connectivity index (χ0) is 14.7. The predicted molar refractivity (Wildman–Crippen MR) is 58.2 cm³/mol. The predicted octanol–water partition coefficient (Wildman–Crippen LogP) is 3.71. The highest BCUT2D eigenvalue weighted by atomic mass is 19.4. The molecule has 2 nitrogen and oxygen atoms in total. The van der Waals surface area contributed by atoms with Gasteiger partial charge in [0.15, 0.2) is 0 Å². The Morgan fingerprint density at radius 3 is 2.37 bits per heavy atom. The van der Waals surface area contributed by atoms with E-state index in [2.05, 4.69) is 0 Å². The molecule has 1 unspecified atom stereocenters. The maximum Gasteiger partial charge on any atom is 0.453 e. The maximum atomic E-state index is 12.8. The fraction of sp³-hybridized carbons (Fsp3) is 0.500. The van der Waals surface area contributed by atoms with Crippen LogP contribution in [0.4, 0.5) is 22.0 Å². The Hall–Kier alpha value is -1.37. The summed E-state index contributed by atoms with van der Waals surface area (Å²) in [4.78, 5) is 0. The van der Waals surface area contributed by atoms with Crippen molar-refractivity contribution in [3.05, 3.63) is 29.8 Å². The minimum Gasteiger partial charge on any atom is -0.494 e. The van der Waals surface area contributed by atoms with Gasteiger partial charge in [-0.05, 0) is 24.6 Å². The van der Waals surface area contributed by atoms with E-state index in [1.165, 1.54) is 24.3 Å². The van der Waals surface area contributed by atoms with Crippen LogP contribution in [0.15, 0.2) is 24.3 Å². The molecule has 7 heteroatoms. The van der Waals surface area contributed by atoms with Crippen molar-refractivity contribution < 1.29 is 31.8 Å². The second-order valence-electron chi connectivity index (χ2n) is 3.93. The van der Waals surface area contributed by atoms with Gasteiger partial charge in [-0.2, -0.15) is 22.0 Å². The molecule has 0 spiro atoms. The standard InChI is InChI=1S/C12H13F5O2/c1-2-19-9-5-3-4-8(6-9)10(18)7-11(13,14)12(15,16)17/h3-6,10,18H,2,7H2,1H3. The van der Waals surface area contributed by atoms with Gasteiger partial charge in [0.1, 0.15) is 5.75 Å². The molecule has 1 atom stereocenters. The van der Waals surface area contributed by atoms with Crippen molar-refractivity contribution in [1.29, 1.82) is 0 Å². The third-order valence-electron chi connectivity index (χ3n) is 2.42. The lowest BCUT2D eigenvalue weighted by atomic mass is 10.0. The van der Waals surface area contributed by atoms with Gasteiger partial charge in [-0.3, -0.25) is 0 Å². The summed E-state index contributed by atoms with van der Waals surface area (Å²) in [6.45, 7) is 2.01. The number of alkyl halides is 5. The van der Waals surface area contributed by atoms with E-state index in [-0.39, 0.29) is 5.56 Å². The third kappa shape index (κ3) is 4.05. The van der Waals surface area contributed by atoms with E-state index in [1.54, 1.807) is 6.92 Å². The molecule has 0 radical (unpaired) electrons. The first-order valence-electron chi connectivity index (χ1n) is 5.52. The summed E-state index contributed by atoms with van der Waals surface area (Å²) in [5.41, 5.74) is -0.0464. The molecular formula is C12H13F5O2. The van der Waals surface area contributed by atoms with Crippen molar-refractivity contribution in [2.75, 3.05) is 6.61 Å². The summed E-state index contributed by atoms with van der Waals surface area (Å²) >= 11 is 0. The van der Waals surface area contributed by atoms with Gasteiger partial charge >= 0.3 is 12.1 Å².